The molecule has 4 atom stereocenters. The molecule has 0 amide bonds. The summed E-state index contributed by atoms with van der Waals surface area (Å²) in [4.78, 5) is 2.58. The smallest absolute Gasteiger partial charge is 0.0674 e. The number of morpholine rings is 1. The number of hydrogen-bond acceptors (Lipinski definition) is 3. The van der Waals surface area contributed by atoms with Gasteiger partial charge in [-0.3, -0.25) is 4.90 Å². The molecule has 0 aromatic rings. The van der Waals surface area contributed by atoms with Crippen molar-refractivity contribution in [2.24, 2.45) is 11.1 Å². The second-order valence-electron chi connectivity index (χ2n) is 6.57. The van der Waals surface area contributed by atoms with E-state index in [1.165, 1.54) is 0 Å². The van der Waals surface area contributed by atoms with Gasteiger partial charge in [0.15, 0.2) is 0 Å². The molecular weight excluding hydrogens is 212 g/mol. The largest absolute Gasteiger partial charge is 0.376 e. The Morgan fingerprint density at radius 3 is 2.41 bits per heavy atom. The van der Waals surface area contributed by atoms with E-state index in [2.05, 4.69) is 46.4 Å². The van der Waals surface area contributed by atoms with Gasteiger partial charge in [0.2, 0.25) is 0 Å². The van der Waals surface area contributed by atoms with Crippen molar-refractivity contribution in [1.82, 2.24) is 4.90 Å². The van der Waals surface area contributed by atoms with Crippen molar-refractivity contribution in [1.29, 1.82) is 0 Å². The summed E-state index contributed by atoms with van der Waals surface area (Å²) in [5.41, 5.74) is 6.44. The summed E-state index contributed by atoms with van der Waals surface area (Å²) in [5, 5.41) is 0. The molecule has 102 valence electrons. The molecule has 17 heavy (non-hydrogen) atoms. The maximum atomic E-state index is 6.23. The van der Waals surface area contributed by atoms with Crippen LogP contribution in [0.5, 0.6) is 0 Å². The molecular formula is C14H30N2O. The van der Waals surface area contributed by atoms with Crippen molar-refractivity contribution in [3.63, 3.8) is 0 Å². The van der Waals surface area contributed by atoms with Crippen LogP contribution in [-0.2, 0) is 4.74 Å². The van der Waals surface area contributed by atoms with Crippen LogP contribution in [0.4, 0.5) is 0 Å². The molecule has 0 saturated carbocycles. The summed E-state index contributed by atoms with van der Waals surface area (Å²) >= 11 is 0. The van der Waals surface area contributed by atoms with Crippen molar-refractivity contribution in [3.8, 4) is 0 Å². The van der Waals surface area contributed by atoms with E-state index in [9.17, 15) is 0 Å². The minimum atomic E-state index is 0.189. The van der Waals surface area contributed by atoms with Gasteiger partial charge in [0, 0.05) is 24.7 Å². The van der Waals surface area contributed by atoms with E-state index in [1.807, 2.05) is 0 Å². The fourth-order valence-corrected chi connectivity index (χ4v) is 3.15. The number of nitrogens with zero attached hydrogens (tertiary/aromatic N) is 1. The summed E-state index contributed by atoms with van der Waals surface area (Å²) in [6.07, 6.45) is 1.45. The van der Waals surface area contributed by atoms with Crippen molar-refractivity contribution < 1.29 is 4.74 Å². The second kappa shape index (κ2) is 5.68. The molecule has 1 rings (SSSR count). The van der Waals surface area contributed by atoms with E-state index in [4.69, 9.17) is 10.5 Å². The molecule has 0 aromatic carbocycles. The monoisotopic (exact) mass is 242 g/mol. The van der Waals surface area contributed by atoms with E-state index in [-0.39, 0.29) is 11.5 Å². The van der Waals surface area contributed by atoms with Crippen LogP contribution in [0.15, 0.2) is 0 Å². The van der Waals surface area contributed by atoms with Crippen LogP contribution in [0.2, 0.25) is 0 Å². The molecule has 0 aliphatic carbocycles. The standard InChI is InChI=1S/C14H30N2O/c1-7-12-9-17-10(2)8-16(12)13(11(3)15)14(4,5)6/h10-13H,7-9,15H2,1-6H3. The second-order valence-corrected chi connectivity index (χ2v) is 6.57. The number of hydrogen-bond donors (Lipinski definition) is 1. The van der Waals surface area contributed by atoms with Gasteiger partial charge in [0.1, 0.15) is 0 Å². The Balaban J connectivity index is 2.90. The molecule has 1 heterocycles. The van der Waals surface area contributed by atoms with E-state index < -0.39 is 0 Å². The molecule has 4 unspecified atom stereocenters. The van der Waals surface area contributed by atoms with Gasteiger partial charge in [0.25, 0.3) is 0 Å². The summed E-state index contributed by atoms with van der Waals surface area (Å²) in [6, 6.07) is 1.12. The first kappa shape index (κ1) is 14.9. The third kappa shape index (κ3) is 3.67. The molecule has 3 heteroatoms. The van der Waals surface area contributed by atoms with Crippen LogP contribution in [-0.4, -0.2) is 42.3 Å². The van der Waals surface area contributed by atoms with E-state index in [1.54, 1.807) is 0 Å². The predicted octanol–water partition coefficient (Wildman–Crippen LogP) is 2.25. The average Bonchev–Trinajstić information content (AvgIpc) is 2.15. The van der Waals surface area contributed by atoms with Gasteiger partial charge in [-0.1, -0.05) is 27.7 Å². The predicted molar refractivity (Wildman–Crippen MR) is 73.1 cm³/mol. The fourth-order valence-electron chi connectivity index (χ4n) is 3.15. The first-order valence-electron chi connectivity index (χ1n) is 6.90. The maximum Gasteiger partial charge on any atom is 0.0674 e. The average molecular weight is 242 g/mol. The summed E-state index contributed by atoms with van der Waals surface area (Å²) in [7, 11) is 0. The van der Waals surface area contributed by atoms with Gasteiger partial charge in [-0.2, -0.15) is 0 Å². The lowest BCUT2D eigenvalue weighted by molar-refractivity contribution is -0.0932. The summed E-state index contributed by atoms with van der Waals surface area (Å²) in [5.74, 6) is 0. The Morgan fingerprint density at radius 1 is 1.41 bits per heavy atom. The fraction of sp³-hybridized carbons (Fsp3) is 1.00. The van der Waals surface area contributed by atoms with Gasteiger partial charge in [-0.15, -0.1) is 0 Å². The highest BCUT2D eigenvalue weighted by Gasteiger charge is 2.39. The first-order chi connectivity index (χ1) is 7.77. The Labute approximate surface area is 107 Å². The highest BCUT2D eigenvalue weighted by molar-refractivity contribution is 4.94. The van der Waals surface area contributed by atoms with Gasteiger partial charge in [0.05, 0.1) is 12.7 Å². The normalized spacial score (nSPS) is 31.2. The van der Waals surface area contributed by atoms with Crippen molar-refractivity contribution >= 4 is 0 Å². The molecule has 0 aromatic heterocycles. The molecule has 1 saturated heterocycles. The van der Waals surface area contributed by atoms with Crippen LogP contribution < -0.4 is 5.73 Å². The number of ether oxygens (including phenoxy) is 1. The highest BCUT2D eigenvalue weighted by atomic mass is 16.5. The molecule has 1 aliphatic rings. The zero-order chi connectivity index (χ0) is 13.2. The Kier molecular flexibility index (Phi) is 4.99. The van der Waals surface area contributed by atoms with Crippen molar-refractivity contribution in [3.05, 3.63) is 0 Å². The lowest BCUT2D eigenvalue weighted by Gasteiger charge is -2.49. The van der Waals surface area contributed by atoms with Crippen molar-refractivity contribution in [2.45, 2.75) is 72.2 Å². The minimum absolute atomic E-state index is 0.189. The Bertz CT molecular complexity index is 235. The lowest BCUT2D eigenvalue weighted by Crippen LogP contribution is -2.61. The van der Waals surface area contributed by atoms with Gasteiger partial charge < -0.3 is 10.5 Å². The third-order valence-corrected chi connectivity index (χ3v) is 3.72. The molecule has 1 fully saturated rings. The summed E-state index contributed by atoms with van der Waals surface area (Å²) < 4.78 is 5.77. The zero-order valence-electron chi connectivity index (χ0n) is 12.4. The number of rotatable bonds is 3. The van der Waals surface area contributed by atoms with Crippen molar-refractivity contribution in [2.75, 3.05) is 13.2 Å². The Morgan fingerprint density at radius 2 is 2.00 bits per heavy atom. The molecule has 0 bridgehead atoms. The summed E-state index contributed by atoms with van der Waals surface area (Å²) in [6.45, 7) is 15.2. The maximum absolute atomic E-state index is 6.23. The van der Waals surface area contributed by atoms with Gasteiger partial charge in [-0.25, -0.2) is 0 Å². The van der Waals surface area contributed by atoms with E-state index in [0.29, 0.717) is 18.2 Å². The van der Waals surface area contributed by atoms with E-state index in [0.717, 1.165) is 19.6 Å². The van der Waals surface area contributed by atoms with Crippen LogP contribution >= 0.6 is 0 Å². The number of nitrogens with two attached hydrogens (primary N) is 1. The molecule has 0 radical (unpaired) electrons. The zero-order valence-corrected chi connectivity index (χ0v) is 12.4. The quantitative estimate of drug-likeness (QED) is 0.825. The molecule has 1 aliphatic heterocycles. The lowest BCUT2D eigenvalue weighted by atomic mass is 9.80. The molecule has 3 nitrogen and oxygen atoms in total. The third-order valence-electron chi connectivity index (χ3n) is 3.72. The molecule has 0 spiro atoms. The SMILES string of the molecule is CCC1COC(C)CN1C(C(C)N)C(C)(C)C. The van der Waals surface area contributed by atoms with Crippen LogP contribution in [0.25, 0.3) is 0 Å². The van der Waals surface area contributed by atoms with Crippen LogP contribution in [0, 0.1) is 5.41 Å². The molecule has 2 N–H and O–H groups in total. The van der Waals surface area contributed by atoms with Gasteiger partial charge >= 0.3 is 0 Å². The van der Waals surface area contributed by atoms with Crippen LogP contribution in [0.1, 0.15) is 48.0 Å². The Hall–Kier alpha value is -0.120. The van der Waals surface area contributed by atoms with Crippen LogP contribution in [0.3, 0.4) is 0 Å². The topological polar surface area (TPSA) is 38.5 Å². The first-order valence-corrected chi connectivity index (χ1v) is 6.90. The minimum Gasteiger partial charge on any atom is -0.376 e. The van der Waals surface area contributed by atoms with E-state index >= 15 is 0 Å². The van der Waals surface area contributed by atoms with Gasteiger partial charge in [-0.05, 0) is 25.7 Å². The highest BCUT2D eigenvalue weighted by Crippen LogP contribution is 2.30.